The maximum atomic E-state index is 12.9. The second kappa shape index (κ2) is 8.05. The molecular formula is C22H18FN3O2S. The van der Waals surface area contributed by atoms with Gasteiger partial charge in [0.05, 0.1) is 16.7 Å². The first-order chi connectivity index (χ1) is 14.0. The highest BCUT2D eigenvalue weighted by molar-refractivity contribution is 7.99. The van der Waals surface area contributed by atoms with Gasteiger partial charge in [-0.05, 0) is 40.6 Å². The van der Waals surface area contributed by atoms with Crippen molar-refractivity contribution >= 4 is 39.3 Å². The number of carbonyl (C=O) groups is 1. The quantitative estimate of drug-likeness (QED) is 0.312. The van der Waals surface area contributed by atoms with E-state index in [1.54, 1.807) is 19.2 Å². The first-order valence-corrected chi connectivity index (χ1v) is 10.0. The molecule has 0 unspecified atom stereocenters. The summed E-state index contributed by atoms with van der Waals surface area (Å²) in [4.78, 5) is 29.5. The van der Waals surface area contributed by atoms with Gasteiger partial charge in [-0.1, -0.05) is 48.2 Å². The van der Waals surface area contributed by atoms with Gasteiger partial charge in [-0.2, -0.15) is 0 Å². The monoisotopic (exact) mass is 407 g/mol. The molecule has 0 fully saturated rings. The average Bonchev–Trinajstić information content (AvgIpc) is 2.74. The number of benzene rings is 3. The Morgan fingerprint density at radius 3 is 2.52 bits per heavy atom. The zero-order valence-electron chi connectivity index (χ0n) is 15.7. The van der Waals surface area contributed by atoms with E-state index < -0.39 is 0 Å². The molecule has 29 heavy (non-hydrogen) atoms. The average molecular weight is 407 g/mol. The van der Waals surface area contributed by atoms with Crippen LogP contribution in [-0.2, 0) is 18.4 Å². The number of hydrogen-bond donors (Lipinski definition) is 1. The molecule has 1 amide bonds. The third kappa shape index (κ3) is 4.14. The first kappa shape index (κ1) is 19.1. The second-order valence-electron chi connectivity index (χ2n) is 6.67. The van der Waals surface area contributed by atoms with Crippen LogP contribution in [0.2, 0.25) is 0 Å². The Labute approximate surface area is 170 Å². The number of halogens is 1. The lowest BCUT2D eigenvalue weighted by molar-refractivity contribution is -0.118. The van der Waals surface area contributed by atoms with Gasteiger partial charge in [0.2, 0.25) is 5.91 Å². The number of rotatable bonds is 5. The molecule has 4 aromatic rings. The van der Waals surface area contributed by atoms with Crippen LogP contribution in [0.1, 0.15) is 5.56 Å². The summed E-state index contributed by atoms with van der Waals surface area (Å²) in [7, 11) is 1.66. The molecule has 1 heterocycles. The minimum atomic E-state index is -0.313. The second-order valence-corrected chi connectivity index (χ2v) is 7.61. The van der Waals surface area contributed by atoms with Crippen LogP contribution in [0.5, 0.6) is 0 Å². The number of fused-ring (bicyclic) bond motifs is 2. The van der Waals surface area contributed by atoms with Gasteiger partial charge in [0, 0.05) is 13.6 Å². The topological polar surface area (TPSA) is 64.0 Å². The third-order valence-electron chi connectivity index (χ3n) is 4.64. The molecule has 0 saturated carbocycles. The SMILES string of the molecule is Cn1c(SCC(=O)NCc2ccc(F)cc2)nc2cc3ccccc3cc2c1=O. The fraction of sp³-hybridized carbons (Fsp3) is 0.136. The lowest BCUT2D eigenvalue weighted by Crippen LogP contribution is -2.26. The Morgan fingerprint density at radius 2 is 1.79 bits per heavy atom. The summed E-state index contributed by atoms with van der Waals surface area (Å²) in [5, 5.41) is 5.81. The van der Waals surface area contributed by atoms with E-state index in [1.165, 1.54) is 28.5 Å². The van der Waals surface area contributed by atoms with E-state index in [0.717, 1.165) is 16.3 Å². The summed E-state index contributed by atoms with van der Waals surface area (Å²) in [6, 6.07) is 17.5. The van der Waals surface area contributed by atoms with Crippen LogP contribution in [0.15, 0.2) is 70.6 Å². The van der Waals surface area contributed by atoms with Crippen LogP contribution in [-0.4, -0.2) is 21.2 Å². The van der Waals surface area contributed by atoms with E-state index in [0.29, 0.717) is 22.6 Å². The first-order valence-electron chi connectivity index (χ1n) is 9.05. The molecule has 0 aliphatic carbocycles. The number of hydrogen-bond acceptors (Lipinski definition) is 4. The van der Waals surface area contributed by atoms with E-state index in [9.17, 15) is 14.0 Å². The van der Waals surface area contributed by atoms with Crippen LogP contribution in [0.3, 0.4) is 0 Å². The van der Waals surface area contributed by atoms with Gasteiger partial charge in [-0.15, -0.1) is 0 Å². The van der Waals surface area contributed by atoms with E-state index in [-0.39, 0.29) is 23.0 Å². The largest absolute Gasteiger partial charge is 0.351 e. The number of aromatic nitrogens is 2. The molecule has 0 spiro atoms. The molecule has 3 aromatic carbocycles. The summed E-state index contributed by atoms with van der Waals surface area (Å²) in [5.74, 6) is -0.375. The Kier molecular flexibility index (Phi) is 5.31. The number of nitrogens with zero attached hydrogens (tertiary/aromatic N) is 2. The molecule has 0 aliphatic heterocycles. The number of nitrogens with one attached hydrogen (secondary N) is 1. The Hall–Kier alpha value is -3.19. The fourth-order valence-electron chi connectivity index (χ4n) is 3.05. The van der Waals surface area contributed by atoms with Crippen molar-refractivity contribution in [3.8, 4) is 0 Å². The van der Waals surface area contributed by atoms with Gasteiger partial charge in [0.1, 0.15) is 5.82 Å². The standard InChI is InChI=1S/C22H18FN3O2S/c1-26-21(28)18-10-15-4-2-3-5-16(15)11-19(18)25-22(26)29-13-20(27)24-12-14-6-8-17(23)9-7-14/h2-11H,12-13H2,1H3,(H,24,27). The summed E-state index contributed by atoms with van der Waals surface area (Å²) in [6.07, 6.45) is 0. The van der Waals surface area contributed by atoms with E-state index >= 15 is 0 Å². The molecule has 0 radical (unpaired) electrons. The van der Waals surface area contributed by atoms with Crippen LogP contribution < -0.4 is 10.9 Å². The van der Waals surface area contributed by atoms with Gasteiger partial charge >= 0.3 is 0 Å². The van der Waals surface area contributed by atoms with E-state index in [2.05, 4.69) is 10.3 Å². The lowest BCUT2D eigenvalue weighted by atomic mass is 10.1. The number of thioether (sulfide) groups is 1. The van der Waals surface area contributed by atoms with Crippen LogP contribution >= 0.6 is 11.8 Å². The minimum Gasteiger partial charge on any atom is -0.351 e. The van der Waals surface area contributed by atoms with Crippen LogP contribution in [0.4, 0.5) is 4.39 Å². The van der Waals surface area contributed by atoms with Crippen LogP contribution in [0, 0.1) is 5.82 Å². The van der Waals surface area contributed by atoms with Gasteiger partial charge < -0.3 is 5.32 Å². The Bertz CT molecular complexity index is 1270. The zero-order chi connectivity index (χ0) is 20.4. The summed E-state index contributed by atoms with van der Waals surface area (Å²) >= 11 is 1.21. The van der Waals surface area contributed by atoms with Gasteiger partial charge in [-0.25, -0.2) is 9.37 Å². The smallest absolute Gasteiger partial charge is 0.261 e. The fourth-order valence-corrected chi connectivity index (χ4v) is 3.85. The lowest BCUT2D eigenvalue weighted by Gasteiger charge is -2.10. The summed E-state index contributed by atoms with van der Waals surface area (Å²) in [5.41, 5.74) is 1.28. The van der Waals surface area contributed by atoms with Crippen molar-refractivity contribution in [1.82, 2.24) is 14.9 Å². The van der Waals surface area contributed by atoms with Crippen molar-refractivity contribution in [2.24, 2.45) is 7.05 Å². The molecule has 1 N–H and O–H groups in total. The van der Waals surface area contributed by atoms with Gasteiger partial charge in [0.15, 0.2) is 5.16 Å². The molecule has 0 aliphatic rings. The van der Waals surface area contributed by atoms with Crippen molar-refractivity contribution in [2.45, 2.75) is 11.7 Å². The molecular weight excluding hydrogens is 389 g/mol. The molecule has 7 heteroatoms. The molecule has 5 nitrogen and oxygen atoms in total. The Morgan fingerprint density at radius 1 is 1.10 bits per heavy atom. The molecule has 4 rings (SSSR count). The predicted octanol–water partition coefficient (Wildman–Crippen LogP) is 3.63. The maximum absolute atomic E-state index is 12.9. The molecule has 146 valence electrons. The highest BCUT2D eigenvalue weighted by Crippen LogP contribution is 2.22. The molecule has 0 atom stereocenters. The minimum absolute atomic E-state index is 0.126. The highest BCUT2D eigenvalue weighted by atomic mass is 32.2. The predicted molar refractivity (Wildman–Crippen MR) is 113 cm³/mol. The summed E-state index contributed by atoms with van der Waals surface area (Å²) < 4.78 is 14.4. The molecule has 0 bridgehead atoms. The third-order valence-corrected chi connectivity index (χ3v) is 5.67. The molecule has 1 aromatic heterocycles. The maximum Gasteiger partial charge on any atom is 0.261 e. The number of carbonyl (C=O) groups excluding carboxylic acids is 1. The van der Waals surface area contributed by atoms with E-state index in [1.807, 2.05) is 36.4 Å². The van der Waals surface area contributed by atoms with Gasteiger partial charge in [0.25, 0.3) is 5.56 Å². The van der Waals surface area contributed by atoms with Crippen LogP contribution in [0.25, 0.3) is 21.7 Å². The number of amides is 1. The van der Waals surface area contributed by atoms with Gasteiger partial charge in [-0.3, -0.25) is 14.2 Å². The zero-order valence-corrected chi connectivity index (χ0v) is 16.5. The summed E-state index contributed by atoms with van der Waals surface area (Å²) in [6.45, 7) is 0.315. The van der Waals surface area contributed by atoms with Crippen molar-refractivity contribution in [1.29, 1.82) is 0 Å². The van der Waals surface area contributed by atoms with Crippen molar-refractivity contribution in [2.75, 3.05) is 5.75 Å². The normalized spacial score (nSPS) is 11.1. The Balaban J connectivity index is 1.50. The van der Waals surface area contributed by atoms with Crippen molar-refractivity contribution in [3.05, 3.63) is 82.4 Å². The van der Waals surface area contributed by atoms with Crippen molar-refractivity contribution < 1.29 is 9.18 Å². The van der Waals surface area contributed by atoms with E-state index in [4.69, 9.17) is 0 Å². The highest BCUT2D eigenvalue weighted by Gasteiger charge is 2.12. The van der Waals surface area contributed by atoms with Crippen molar-refractivity contribution in [3.63, 3.8) is 0 Å². The molecule has 0 saturated heterocycles.